The molecule has 8 heteroatoms. The number of carbonyl (C=O) groups excluding carboxylic acids is 1. The van der Waals surface area contributed by atoms with Gasteiger partial charge in [-0.05, 0) is 31.2 Å². The molecule has 0 aliphatic carbocycles. The molecule has 0 aliphatic heterocycles. The summed E-state index contributed by atoms with van der Waals surface area (Å²) in [6.07, 6.45) is 0. The van der Waals surface area contributed by atoms with Crippen LogP contribution in [0.5, 0.6) is 0 Å². The van der Waals surface area contributed by atoms with E-state index in [1.54, 1.807) is 6.92 Å². The summed E-state index contributed by atoms with van der Waals surface area (Å²) in [5.74, 6) is -1.22. The van der Waals surface area contributed by atoms with Gasteiger partial charge in [0.25, 0.3) is 0 Å². The number of nitrogens with two attached hydrogens (primary N) is 1. The maximum Gasteiger partial charge on any atom is 0.387 e. The van der Waals surface area contributed by atoms with Crippen LogP contribution in [-0.2, 0) is 4.84 Å². The molecule has 0 radical (unpaired) electrons. The Morgan fingerprint density at radius 1 is 1.37 bits per heavy atom. The van der Waals surface area contributed by atoms with E-state index in [0.29, 0.717) is 11.3 Å². The molecule has 0 saturated carbocycles. The fourth-order valence-corrected chi connectivity index (χ4v) is 1.28. The number of hydrogen-bond acceptors (Lipinski definition) is 5. The van der Waals surface area contributed by atoms with Crippen LogP contribution in [0.4, 0.5) is 4.39 Å². The number of aryl methyl sites for hydroxylation is 1. The summed E-state index contributed by atoms with van der Waals surface area (Å²) < 4.78 is 12.7. The lowest BCUT2D eigenvalue weighted by atomic mass is 10.2. The van der Waals surface area contributed by atoms with E-state index in [0.717, 1.165) is 0 Å². The molecule has 0 aliphatic rings. The van der Waals surface area contributed by atoms with Crippen molar-refractivity contribution in [3.63, 3.8) is 0 Å². The predicted molar refractivity (Wildman–Crippen MR) is 63.7 cm³/mol. The number of hydrogen-bond donors (Lipinski definition) is 2. The van der Waals surface area contributed by atoms with Gasteiger partial charge in [0.2, 0.25) is 0 Å². The molecule has 7 nitrogen and oxygen atoms in total. The Bertz CT molecular complexity index is 620. The van der Waals surface area contributed by atoms with Crippen LogP contribution in [0.3, 0.4) is 0 Å². The maximum absolute atomic E-state index is 12.7. The Morgan fingerprint density at radius 2 is 2.05 bits per heavy atom. The second-order valence-electron chi connectivity index (χ2n) is 3.62. The van der Waals surface area contributed by atoms with Crippen molar-refractivity contribution in [3.8, 4) is 0 Å². The first-order chi connectivity index (χ1) is 9.08. The number of amidine groups is 1. The van der Waals surface area contributed by atoms with Crippen LogP contribution < -0.4 is 5.73 Å². The van der Waals surface area contributed by atoms with Crippen LogP contribution in [0.15, 0.2) is 29.4 Å². The molecule has 1 aromatic heterocycles. The van der Waals surface area contributed by atoms with Crippen molar-refractivity contribution in [2.45, 2.75) is 6.92 Å². The Labute approximate surface area is 107 Å². The van der Waals surface area contributed by atoms with Gasteiger partial charge in [-0.1, -0.05) is 5.16 Å². The van der Waals surface area contributed by atoms with Crippen molar-refractivity contribution >= 4 is 11.8 Å². The van der Waals surface area contributed by atoms with E-state index in [1.807, 2.05) is 0 Å². The minimum absolute atomic E-state index is 0.0238. The molecule has 0 unspecified atom stereocenters. The summed E-state index contributed by atoms with van der Waals surface area (Å²) in [7, 11) is 0. The first-order valence-electron chi connectivity index (χ1n) is 5.26. The number of oxime groups is 1. The molecule has 0 atom stereocenters. The number of nitrogens with zero attached hydrogens (tertiary/aromatic N) is 3. The summed E-state index contributed by atoms with van der Waals surface area (Å²) in [4.78, 5) is 16.2. The van der Waals surface area contributed by atoms with Crippen molar-refractivity contribution in [2.24, 2.45) is 10.9 Å². The molecule has 2 aromatic rings. The molecule has 3 N–H and O–H groups in total. The second kappa shape index (κ2) is 5.25. The fourth-order valence-electron chi connectivity index (χ4n) is 1.28. The highest BCUT2D eigenvalue weighted by Gasteiger charge is 2.15. The van der Waals surface area contributed by atoms with E-state index in [4.69, 9.17) is 5.73 Å². The fraction of sp³-hybridized carbons (Fsp3) is 0.0909. The minimum atomic E-state index is -0.781. The van der Waals surface area contributed by atoms with Crippen molar-refractivity contribution < 1.29 is 14.0 Å². The lowest BCUT2D eigenvalue weighted by Crippen LogP contribution is -2.15. The molecule has 0 spiro atoms. The molecular formula is C11H10FN5O2. The number of carbonyl (C=O) groups is 1. The van der Waals surface area contributed by atoms with Crippen molar-refractivity contribution in [2.75, 3.05) is 0 Å². The van der Waals surface area contributed by atoms with Crippen molar-refractivity contribution in [1.29, 1.82) is 0 Å². The number of benzene rings is 1. The molecule has 0 amide bonds. The van der Waals surface area contributed by atoms with E-state index in [1.165, 1.54) is 24.3 Å². The number of nitrogens with one attached hydrogen (secondary N) is 1. The summed E-state index contributed by atoms with van der Waals surface area (Å²) in [6.45, 7) is 1.59. The topological polar surface area (TPSA) is 106 Å². The highest BCUT2D eigenvalue weighted by Crippen LogP contribution is 2.04. The summed E-state index contributed by atoms with van der Waals surface area (Å²) in [5.41, 5.74) is 6.44. The third-order valence-corrected chi connectivity index (χ3v) is 2.28. The predicted octanol–water partition coefficient (Wildman–Crippen LogP) is 0.730. The molecule has 1 heterocycles. The first-order valence-corrected chi connectivity index (χ1v) is 5.26. The number of H-pyrrole nitrogens is 1. The van der Waals surface area contributed by atoms with Gasteiger partial charge in [-0.15, -0.1) is 5.10 Å². The number of halogens is 1. The van der Waals surface area contributed by atoms with Crippen LogP contribution in [0.2, 0.25) is 0 Å². The smallest absolute Gasteiger partial charge is 0.380 e. The van der Waals surface area contributed by atoms with Crippen LogP contribution in [0.25, 0.3) is 0 Å². The molecule has 0 fully saturated rings. The zero-order chi connectivity index (χ0) is 13.8. The third-order valence-electron chi connectivity index (χ3n) is 2.28. The lowest BCUT2D eigenvalue weighted by Gasteiger charge is -2.00. The highest BCUT2D eigenvalue weighted by atomic mass is 19.1. The van der Waals surface area contributed by atoms with Gasteiger partial charge in [0.15, 0.2) is 11.5 Å². The molecular weight excluding hydrogens is 253 g/mol. The van der Waals surface area contributed by atoms with Gasteiger partial charge in [-0.25, -0.2) is 9.18 Å². The van der Waals surface area contributed by atoms with Gasteiger partial charge in [0.1, 0.15) is 5.82 Å². The molecule has 98 valence electrons. The van der Waals surface area contributed by atoms with Crippen molar-refractivity contribution in [1.82, 2.24) is 15.4 Å². The molecule has 1 aromatic carbocycles. The SMILES string of the molecule is Cc1n[nH]nc1C(=O)O/N=C(\N)c1ccc(F)cc1. The van der Waals surface area contributed by atoms with E-state index >= 15 is 0 Å². The van der Waals surface area contributed by atoms with Crippen LogP contribution in [0, 0.1) is 12.7 Å². The highest BCUT2D eigenvalue weighted by molar-refractivity contribution is 5.98. The quantitative estimate of drug-likeness (QED) is 0.367. The Kier molecular flexibility index (Phi) is 3.51. The van der Waals surface area contributed by atoms with Gasteiger partial charge in [0, 0.05) is 5.56 Å². The summed E-state index contributed by atoms with van der Waals surface area (Å²) in [5, 5.41) is 13.0. The van der Waals surface area contributed by atoms with E-state index in [9.17, 15) is 9.18 Å². The number of aromatic nitrogens is 3. The van der Waals surface area contributed by atoms with E-state index < -0.39 is 11.8 Å². The Morgan fingerprint density at radius 3 is 2.63 bits per heavy atom. The monoisotopic (exact) mass is 263 g/mol. The van der Waals surface area contributed by atoms with Crippen LogP contribution >= 0.6 is 0 Å². The largest absolute Gasteiger partial charge is 0.387 e. The normalized spacial score (nSPS) is 11.4. The Hall–Kier alpha value is -2.77. The average molecular weight is 263 g/mol. The van der Waals surface area contributed by atoms with Crippen LogP contribution in [-0.4, -0.2) is 27.2 Å². The second-order valence-corrected chi connectivity index (χ2v) is 3.62. The lowest BCUT2D eigenvalue weighted by molar-refractivity contribution is 0.0508. The van der Waals surface area contributed by atoms with E-state index in [2.05, 4.69) is 25.4 Å². The van der Waals surface area contributed by atoms with Gasteiger partial charge in [0.05, 0.1) is 5.69 Å². The summed E-state index contributed by atoms with van der Waals surface area (Å²) in [6, 6.07) is 5.29. The Balaban J connectivity index is 2.08. The zero-order valence-corrected chi connectivity index (χ0v) is 9.92. The zero-order valence-electron chi connectivity index (χ0n) is 9.92. The molecule has 19 heavy (non-hydrogen) atoms. The van der Waals surface area contributed by atoms with Crippen LogP contribution in [0.1, 0.15) is 21.7 Å². The molecule has 0 bridgehead atoms. The third kappa shape index (κ3) is 2.92. The summed E-state index contributed by atoms with van der Waals surface area (Å²) >= 11 is 0. The van der Waals surface area contributed by atoms with Gasteiger partial charge < -0.3 is 10.6 Å². The van der Waals surface area contributed by atoms with Gasteiger partial charge in [-0.3, -0.25) is 0 Å². The standard InChI is InChI=1S/C11H10FN5O2/c1-6-9(15-17-14-6)11(18)19-16-10(13)7-2-4-8(12)5-3-7/h2-5H,1H3,(H2,13,16)(H,14,15,17). The number of rotatable bonds is 3. The maximum atomic E-state index is 12.7. The molecule has 2 rings (SSSR count). The van der Waals surface area contributed by atoms with Gasteiger partial charge >= 0.3 is 5.97 Å². The van der Waals surface area contributed by atoms with Gasteiger partial charge in [-0.2, -0.15) is 10.3 Å². The van der Waals surface area contributed by atoms with Crippen molar-refractivity contribution in [3.05, 3.63) is 47.0 Å². The average Bonchev–Trinajstić information content (AvgIpc) is 2.83. The minimum Gasteiger partial charge on any atom is -0.380 e. The molecule has 0 saturated heterocycles. The first kappa shape index (κ1) is 12.7. The number of aromatic amines is 1. The van der Waals surface area contributed by atoms with E-state index in [-0.39, 0.29) is 11.5 Å².